The molecular formula is C13H18O2. The van der Waals surface area contributed by atoms with Crippen molar-refractivity contribution in [3.63, 3.8) is 0 Å². The first-order chi connectivity index (χ1) is 7.04. The first kappa shape index (κ1) is 11.8. The predicted molar refractivity (Wildman–Crippen MR) is 61.6 cm³/mol. The second kappa shape index (κ2) is 4.96. The molecule has 1 rings (SSSR count). The molecule has 1 unspecified atom stereocenters. The monoisotopic (exact) mass is 206 g/mol. The van der Waals surface area contributed by atoms with Crippen molar-refractivity contribution in [2.24, 2.45) is 0 Å². The van der Waals surface area contributed by atoms with E-state index in [1.165, 1.54) is 0 Å². The quantitative estimate of drug-likeness (QED) is 0.706. The Morgan fingerprint density at radius 1 is 1.47 bits per heavy atom. The lowest BCUT2D eigenvalue weighted by molar-refractivity contribution is 0.101. The van der Waals surface area contributed by atoms with Gasteiger partial charge in [0, 0.05) is 5.56 Å². The summed E-state index contributed by atoms with van der Waals surface area (Å²) in [5, 5.41) is 0. The highest BCUT2D eigenvalue weighted by molar-refractivity contribution is 5.94. The van der Waals surface area contributed by atoms with Crippen molar-refractivity contribution in [1.29, 1.82) is 0 Å². The molecule has 1 atom stereocenters. The Kier molecular flexibility index (Phi) is 3.89. The van der Waals surface area contributed by atoms with E-state index in [2.05, 4.69) is 6.92 Å². The normalized spacial score (nSPS) is 12.3. The molecule has 0 aromatic heterocycles. The molecular weight excluding hydrogens is 188 g/mol. The fraction of sp³-hybridized carbons (Fsp3) is 0.462. The van der Waals surface area contributed by atoms with E-state index in [4.69, 9.17) is 4.74 Å². The van der Waals surface area contributed by atoms with Crippen LogP contribution in [-0.2, 0) is 0 Å². The zero-order valence-electron chi connectivity index (χ0n) is 9.83. The largest absolute Gasteiger partial charge is 0.490 e. The molecule has 0 aliphatic carbocycles. The number of benzene rings is 1. The summed E-state index contributed by atoms with van der Waals surface area (Å²) in [6.07, 6.45) is 1.19. The molecule has 0 radical (unpaired) electrons. The van der Waals surface area contributed by atoms with Crippen LogP contribution >= 0.6 is 0 Å². The first-order valence-corrected chi connectivity index (χ1v) is 5.32. The van der Waals surface area contributed by atoms with Gasteiger partial charge in [0.25, 0.3) is 0 Å². The SMILES string of the molecule is CCC(C)Oc1ccc(C(C)=O)cc1C. The fourth-order valence-electron chi connectivity index (χ4n) is 1.30. The van der Waals surface area contributed by atoms with Crippen molar-refractivity contribution in [2.75, 3.05) is 0 Å². The third-order valence-electron chi connectivity index (χ3n) is 2.48. The summed E-state index contributed by atoms with van der Waals surface area (Å²) in [6, 6.07) is 5.56. The van der Waals surface area contributed by atoms with Crippen molar-refractivity contribution in [3.05, 3.63) is 29.3 Å². The number of ketones is 1. The van der Waals surface area contributed by atoms with Crippen LogP contribution in [0, 0.1) is 6.92 Å². The molecule has 2 nitrogen and oxygen atoms in total. The Hall–Kier alpha value is -1.31. The minimum atomic E-state index is 0.0909. The zero-order valence-corrected chi connectivity index (χ0v) is 9.83. The second-order valence-electron chi connectivity index (χ2n) is 3.87. The smallest absolute Gasteiger partial charge is 0.159 e. The Labute approximate surface area is 91.3 Å². The topological polar surface area (TPSA) is 26.3 Å². The summed E-state index contributed by atoms with van der Waals surface area (Å²) in [6.45, 7) is 7.66. The lowest BCUT2D eigenvalue weighted by Gasteiger charge is -2.14. The van der Waals surface area contributed by atoms with Crippen LogP contribution in [0.5, 0.6) is 5.75 Å². The number of aryl methyl sites for hydroxylation is 1. The molecule has 1 aromatic rings. The summed E-state index contributed by atoms with van der Waals surface area (Å²) in [5.41, 5.74) is 1.76. The van der Waals surface area contributed by atoms with Gasteiger partial charge in [0.15, 0.2) is 5.78 Å². The van der Waals surface area contributed by atoms with E-state index in [0.717, 1.165) is 23.3 Å². The van der Waals surface area contributed by atoms with Crippen LogP contribution in [0.2, 0.25) is 0 Å². The number of hydrogen-bond acceptors (Lipinski definition) is 2. The molecule has 0 amide bonds. The summed E-state index contributed by atoms with van der Waals surface area (Å²) >= 11 is 0. The number of ether oxygens (including phenoxy) is 1. The molecule has 0 aliphatic heterocycles. The molecule has 82 valence electrons. The Bertz CT molecular complexity index is 356. The molecule has 0 saturated heterocycles. The van der Waals surface area contributed by atoms with Gasteiger partial charge in [-0.2, -0.15) is 0 Å². The van der Waals surface area contributed by atoms with Crippen LogP contribution in [0.1, 0.15) is 43.1 Å². The van der Waals surface area contributed by atoms with Gasteiger partial charge >= 0.3 is 0 Å². The van der Waals surface area contributed by atoms with Gasteiger partial charge in [-0.15, -0.1) is 0 Å². The summed E-state index contributed by atoms with van der Waals surface area (Å²) in [4.78, 5) is 11.1. The van der Waals surface area contributed by atoms with Crippen LogP contribution in [0.3, 0.4) is 0 Å². The van der Waals surface area contributed by atoms with Crippen LogP contribution in [0.15, 0.2) is 18.2 Å². The van der Waals surface area contributed by atoms with Crippen LogP contribution < -0.4 is 4.74 Å². The van der Waals surface area contributed by atoms with Crippen LogP contribution in [0.25, 0.3) is 0 Å². The second-order valence-corrected chi connectivity index (χ2v) is 3.87. The average Bonchev–Trinajstić information content (AvgIpc) is 2.20. The molecule has 0 spiro atoms. The minimum Gasteiger partial charge on any atom is -0.490 e. The van der Waals surface area contributed by atoms with E-state index >= 15 is 0 Å². The Morgan fingerprint density at radius 2 is 2.13 bits per heavy atom. The molecule has 1 aromatic carbocycles. The number of rotatable bonds is 4. The van der Waals surface area contributed by atoms with Gasteiger partial charge in [-0.05, 0) is 51.0 Å². The maximum absolute atomic E-state index is 11.1. The van der Waals surface area contributed by atoms with Gasteiger partial charge in [-0.25, -0.2) is 0 Å². The van der Waals surface area contributed by atoms with E-state index in [9.17, 15) is 4.79 Å². The molecule has 0 aliphatic rings. The van der Waals surface area contributed by atoms with E-state index in [1.54, 1.807) is 6.92 Å². The Morgan fingerprint density at radius 3 is 2.60 bits per heavy atom. The summed E-state index contributed by atoms with van der Waals surface area (Å²) in [7, 11) is 0. The third kappa shape index (κ3) is 3.08. The standard InChI is InChI=1S/C13H18O2/c1-5-10(3)15-13-7-6-12(11(4)14)8-9(13)2/h6-8,10H,5H2,1-4H3. The van der Waals surface area contributed by atoms with E-state index in [1.807, 2.05) is 32.0 Å². The van der Waals surface area contributed by atoms with Crippen molar-refractivity contribution in [3.8, 4) is 5.75 Å². The van der Waals surface area contributed by atoms with Crippen molar-refractivity contribution in [1.82, 2.24) is 0 Å². The van der Waals surface area contributed by atoms with Crippen LogP contribution in [-0.4, -0.2) is 11.9 Å². The number of hydrogen-bond donors (Lipinski definition) is 0. The van der Waals surface area contributed by atoms with Crippen molar-refractivity contribution < 1.29 is 9.53 Å². The van der Waals surface area contributed by atoms with Crippen molar-refractivity contribution in [2.45, 2.75) is 40.2 Å². The summed E-state index contributed by atoms with van der Waals surface area (Å²) in [5.74, 6) is 0.961. The fourth-order valence-corrected chi connectivity index (χ4v) is 1.30. The highest BCUT2D eigenvalue weighted by Gasteiger charge is 2.06. The van der Waals surface area contributed by atoms with Gasteiger partial charge in [-0.1, -0.05) is 6.92 Å². The molecule has 0 N–H and O–H groups in total. The highest BCUT2D eigenvalue weighted by Crippen LogP contribution is 2.21. The molecule has 0 fully saturated rings. The minimum absolute atomic E-state index is 0.0909. The third-order valence-corrected chi connectivity index (χ3v) is 2.48. The van der Waals surface area contributed by atoms with Gasteiger partial charge in [0.2, 0.25) is 0 Å². The summed E-state index contributed by atoms with van der Waals surface area (Å²) < 4.78 is 5.72. The molecule has 0 bridgehead atoms. The zero-order chi connectivity index (χ0) is 11.4. The predicted octanol–water partition coefficient (Wildman–Crippen LogP) is 3.37. The maximum Gasteiger partial charge on any atom is 0.159 e. The maximum atomic E-state index is 11.1. The van der Waals surface area contributed by atoms with Crippen LogP contribution in [0.4, 0.5) is 0 Å². The average molecular weight is 206 g/mol. The van der Waals surface area contributed by atoms with E-state index < -0.39 is 0 Å². The lowest BCUT2D eigenvalue weighted by Crippen LogP contribution is -2.10. The number of Topliss-reactive ketones (excluding diaryl/α,β-unsaturated/α-hetero) is 1. The highest BCUT2D eigenvalue weighted by atomic mass is 16.5. The van der Waals surface area contributed by atoms with Gasteiger partial charge in [0.1, 0.15) is 5.75 Å². The van der Waals surface area contributed by atoms with Gasteiger partial charge < -0.3 is 4.74 Å². The molecule has 0 saturated carbocycles. The van der Waals surface area contributed by atoms with Gasteiger partial charge in [-0.3, -0.25) is 4.79 Å². The Balaban J connectivity index is 2.88. The van der Waals surface area contributed by atoms with E-state index in [-0.39, 0.29) is 11.9 Å². The molecule has 15 heavy (non-hydrogen) atoms. The van der Waals surface area contributed by atoms with Gasteiger partial charge in [0.05, 0.1) is 6.10 Å². The van der Waals surface area contributed by atoms with E-state index in [0.29, 0.717) is 0 Å². The first-order valence-electron chi connectivity index (χ1n) is 5.32. The lowest BCUT2D eigenvalue weighted by atomic mass is 10.1. The number of carbonyl (C=O) groups excluding carboxylic acids is 1. The van der Waals surface area contributed by atoms with Crippen molar-refractivity contribution >= 4 is 5.78 Å². The molecule has 2 heteroatoms. The molecule has 0 heterocycles. The number of carbonyl (C=O) groups is 1.